The Kier molecular flexibility index (Phi) is 4.22. The fourth-order valence-electron chi connectivity index (χ4n) is 3.21. The number of piperidine rings is 1. The number of H-pyrrole nitrogens is 1. The van der Waals surface area contributed by atoms with Crippen molar-refractivity contribution < 1.29 is 0 Å². The first kappa shape index (κ1) is 13.6. The monoisotopic (exact) mass is 341 g/mol. The number of hydrogen-bond donors (Lipinski definition) is 1. The molecular formula is C14H20BrN3S. The molecule has 0 aromatic carbocycles. The maximum atomic E-state index is 5.43. The molecule has 0 bridgehead atoms. The van der Waals surface area contributed by atoms with E-state index in [1.807, 2.05) is 0 Å². The van der Waals surface area contributed by atoms with Crippen molar-refractivity contribution in [3.63, 3.8) is 0 Å². The topological polar surface area (TPSA) is 31.9 Å². The van der Waals surface area contributed by atoms with Crippen LogP contribution in [-0.4, -0.2) is 23.1 Å². The molecule has 104 valence electrons. The van der Waals surface area contributed by atoms with Crippen LogP contribution in [0.15, 0.2) is 4.47 Å². The molecule has 3 nitrogen and oxygen atoms in total. The number of nitrogens with zero attached hydrogens (tertiary/aromatic N) is 2. The fourth-order valence-corrected chi connectivity index (χ4v) is 3.92. The van der Waals surface area contributed by atoms with E-state index in [0.717, 1.165) is 23.5 Å². The summed E-state index contributed by atoms with van der Waals surface area (Å²) in [6.07, 6.45) is 9.07. The van der Waals surface area contributed by atoms with Gasteiger partial charge >= 0.3 is 0 Å². The standard InChI is InChI=1S/C14H20BrN3S/c15-11-12(10-6-2-3-7-10)16-14(17-13(11)19)18-8-4-1-5-9-18/h10H,1-9H2,(H,16,17,19). The number of nitrogens with one attached hydrogen (secondary N) is 1. The second-order valence-corrected chi connectivity index (χ2v) is 6.80. The third-order valence-electron chi connectivity index (χ3n) is 4.30. The van der Waals surface area contributed by atoms with E-state index in [2.05, 4.69) is 30.8 Å². The van der Waals surface area contributed by atoms with Gasteiger partial charge in [0.2, 0.25) is 5.95 Å². The molecule has 0 atom stereocenters. The molecule has 0 unspecified atom stereocenters. The molecule has 2 fully saturated rings. The number of aromatic nitrogens is 2. The highest BCUT2D eigenvalue weighted by Crippen LogP contribution is 2.37. The van der Waals surface area contributed by atoms with E-state index < -0.39 is 0 Å². The summed E-state index contributed by atoms with van der Waals surface area (Å²) in [5.41, 5.74) is 1.28. The molecule has 3 rings (SSSR count). The van der Waals surface area contributed by atoms with Crippen molar-refractivity contribution in [3.8, 4) is 0 Å². The molecule has 2 heterocycles. The van der Waals surface area contributed by atoms with Crippen LogP contribution in [-0.2, 0) is 0 Å². The van der Waals surface area contributed by atoms with Crippen LogP contribution in [0.25, 0.3) is 0 Å². The third-order valence-corrected chi connectivity index (χ3v) is 5.66. The number of hydrogen-bond acceptors (Lipinski definition) is 3. The molecule has 1 saturated carbocycles. The molecule has 0 amide bonds. The van der Waals surface area contributed by atoms with Gasteiger partial charge in [-0.1, -0.05) is 25.1 Å². The van der Waals surface area contributed by atoms with Crippen molar-refractivity contribution >= 4 is 34.1 Å². The maximum Gasteiger partial charge on any atom is 0.204 e. The van der Waals surface area contributed by atoms with E-state index in [1.54, 1.807) is 0 Å². The number of halogens is 1. The van der Waals surface area contributed by atoms with Crippen LogP contribution in [0.3, 0.4) is 0 Å². The summed E-state index contributed by atoms with van der Waals surface area (Å²) in [7, 11) is 0. The summed E-state index contributed by atoms with van der Waals surface area (Å²) >= 11 is 9.06. The Labute approximate surface area is 127 Å². The molecule has 19 heavy (non-hydrogen) atoms. The van der Waals surface area contributed by atoms with Gasteiger partial charge in [-0.25, -0.2) is 4.98 Å². The average Bonchev–Trinajstić information content (AvgIpc) is 2.96. The van der Waals surface area contributed by atoms with Crippen LogP contribution >= 0.6 is 28.1 Å². The first-order chi connectivity index (χ1) is 9.25. The normalized spacial score (nSPS) is 21.0. The Morgan fingerprint density at radius 3 is 2.47 bits per heavy atom. The second-order valence-electron chi connectivity index (χ2n) is 5.62. The minimum Gasteiger partial charge on any atom is -0.342 e. The summed E-state index contributed by atoms with van der Waals surface area (Å²) in [6, 6.07) is 0. The van der Waals surface area contributed by atoms with Crippen LogP contribution in [0.4, 0.5) is 5.95 Å². The van der Waals surface area contributed by atoms with Gasteiger partial charge in [0.1, 0.15) is 4.64 Å². The molecule has 2 aliphatic rings. The molecule has 1 saturated heterocycles. The molecule has 0 radical (unpaired) electrons. The molecule has 1 aliphatic carbocycles. The van der Waals surface area contributed by atoms with Crippen LogP contribution in [0.2, 0.25) is 0 Å². The summed E-state index contributed by atoms with van der Waals surface area (Å²) < 4.78 is 1.72. The van der Waals surface area contributed by atoms with Gasteiger partial charge < -0.3 is 9.88 Å². The lowest BCUT2D eigenvalue weighted by Crippen LogP contribution is -2.31. The van der Waals surface area contributed by atoms with E-state index in [-0.39, 0.29) is 0 Å². The van der Waals surface area contributed by atoms with Gasteiger partial charge in [0.05, 0.1) is 4.47 Å². The number of aromatic amines is 1. The van der Waals surface area contributed by atoms with Crippen molar-refractivity contribution in [2.24, 2.45) is 0 Å². The maximum absolute atomic E-state index is 5.43. The van der Waals surface area contributed by atoms with Gasteiger partial charge in [-0.15, -0.1) is 0 Å². The van der Waals surface area contributed by atoms with Crippen LogP contribution in [0.1, 0.15) is 56.6 Å². The Hall–Kier alpha value is -0.420. The van der Waals surface area contributed by atoms with Crippen molar-refractivity contribution in [1.82, 2.24) is 9.97 Å². The average molecular weight is 342 g/mol. The summed E-state index contributed by atoms with van der Waals surface area (Å²) in [4.78, 5) is 10.5. The minimum atomic E-state index is 0.627. The van der Waals surface area contributed by atoms with Crippen molar-refractivity contribution in [3.05, 3.63) is 14.8 Å². The van der Waals surface area contributed by atoms with Crippen LogP contribution < -0.4 is 4.90 Å². The highest BCUT2D eigenvalue weighted by Gasteiger charge is 2.23. The molecule has 1 aliphatic heterocycles. The molecule has 1 N–H and O–H groups in total. The van der Waals surface area contributed by atoms with Crippen molar-refractivity contribution in [1.29, 1.82) is 0 Å². The van der Waals surface area contributed by atoms with E-state index in [9.17, 15) is 0 Å². The second kappa shape index (κ2) is 5.92. The van der Waals surface area contributed by atoms with E-state index in [0.29, 0.717) is 10.6 Å². The molecule has 1 aromatic heterocycles. The quantitative estimate of drug-likeness (QED) is 0.800. The van der Waals surface area contributed by atoms with E-state index >= 15 is 0 Å². The first-order valence-electron chi connectivity index (χ1n) is 7.30. The third kappa shape index (κ3) is 2.87. The van der Waals surface area contributed by atoms with Crippen LogP contribution in [0.5, 0.6) is 0 Å². The predicted molar refractivity (Wildman–Crippen MR) is 84.4 cm³/mol. The zero-order chi connectivity index (χ0) is 13.2. The van der Waals surface area contributed by atoms with E-state index in [4.69, 9.17) is 12.2 Å². The van der Waals surface area contributed by atoms with Gasteiger partial charge in [0.15, 0.2) is 0 Å². The Morgan fingerprint density at radius 1 is 1.11 bits per heavy atom. The van der Waals surface area contributed by atoms with Gasteiger partial charge in [0, 0.05) is 24.7 Å². The number of rotatable bonds is 2. The van der Waals surface area contributed by atoms with Gasteiger partial charge in [-0.3, -0.25) is 0 Å². The molecule has 1 aromatic rings. The SMILES string of the molecule is S=c1nc(N2CCCCC2)[nH]c(C2CCCC2)c1Br. The van der Waals surface area contributed by atoms with Gasteiger partial charge in [-0.2, -0.15) is 0 Å². The van der Waals surface area contributed by atoms with E-state index in [1.165, 1.54) is 50.6 Å². The van der Waals surface area contributed by atoms with Crippen LogP contribution in [0, 0.1) is 4.64 Å². The fraction of sp³-hybridized carbons (Fsp3) is 0.714. The highest BCUT2D eigenvalue weighted by atomic mass is 79.9. The lowest BCUT2D eigenvalue weighted by atomic mass is 10.0. The smallest absolute Gasteiger partial charge is 0.204 e. The lowest BCUT2D eigenvalue weighted by molar-refractivity contribution is 0.564. The molecule has 0 spiro atoms. The highest BCUT2D eigenvalue weighted by molar-refractivity contribution is 9.10. The van der Waals surface area contributed by atoms with Crippen molar-refractivity contribution in [2.45, 2.75) is 50.9 Å². The zero-order valence-corrected chi connectivity index (χ0v) is 13.5. The zero-order valence-electron chi connectivity index (χ0n) is 11.1. The largest absolute Gasteiger partial charge is 0.342 e. The van der Waals surface area contributed by atoms with Gasteiger partial charge in [0.25, 0.3) is 0 Å². The molecule has 5 heteroatoms. The predicted octanol–water partition coefficient (Wildman–Crippen LogP) is 4.55. The Bertz CT molecular complexity index is 502. The summed E-state index contributed by atoms with van der Waals surface area (Å²) in [5, 5.41) is 0. The lowest BCUT2D eigenvalue weighted by Gasteiger charge is -2.28. The summed E-state index contributed by atoms with van der Waals surface area (Å²) in [6.45, 7) is 2.20. The number of anilines is 1. The minimum absolute atomic E-state index is 0.627. The van der Waals surface area contributed by atoms with Gasteiger partial charge in [-0.05, 0) is 48.0 Å². The molecular weight excluding hydrogens is 322 g/mol. The summed E-state index contributed by atoms with van der Waals surface area (Å²) in [5.74, 6) is 1.61. The Balaban J connectivity index is 1.94. The van der Waals surface area contributed by atoms with Crippen molar-refractivity contribution in [2.75, 3.05) is 18.0 Å². The first-order valence-corrected chi connectivity index (χ1v) is 8.50. The Morgan fingerprint density at radius 2 is 1.79 bits per heavy atom.